The first-order valence-electron chi connectivity index (χ1n) is 11.7. The fourth-order valence-corrected chi connectivity index (χ4v) is 4.34. The van der Waals surface area contributed by atoms with Crippen LogP contribution in [-0.4, -0.2) is 71.5 Å². The van der Waals surface area contributed by atoms with Crippen molar-refractivity contribution in [2.75, 3.05) is 33.5 Å². The molecule has 2 aromatic rings. The summed E-state index contributed by atoms with van der Waals surface area (Å²) < 4.78 is 17.3. The van der Waals surface area contributed by atoms with Crippen LogP contribution in [0.5, 0.6) is 17.4 Å². The molecule has 1 aromatic heterocycles. The monoisotopic (exact) mass is 467 g/mol. The van der Waals surface area contributed by atoms with Crippen molar-refractivity contribution in [1.82, 2.24) is 14.8 Å². The van der Waals surface area contributed by atoms with Gasteiger partial charge in [0.25, 0.3) is 5.91 Å². The predicted octanol–water partition coefficient (Wildman–Crippen LogP) is 3.20. The molecule has 0 saturated carbocycles. The van der Waals surface area contributed by atoms with Gasteiger partial charge in [-0.1, -0.05) is 25.1 Å². The number of carbonyl (C=O) groups is 1. The molecule has 3 atom stereocenters. The largest absolute Gasteiger partial charge is 0.472 e. The van der Waals surface area contributed by atoms with Crippen LogP contribution in [0, 0.1) is 5.92 Å². The molecule has 2 aliphatic rings. The number of ether oxygens (including phenoxy) is 3. The molecule has 0 bridgehead atoms. The average Bonchev–Trinajstić information content (AvgIpc) is 3.29. The summed E-state index contributed by atoms with van der Waals surface area (Å²) in [6.45, 7) is 7.83. The molecule has 3 heterocycles. The highest BCUT2D eigenvalue weighted by Crippen LogP contribution is 2.33. The Kier molecular flexibility index (Phi) is 7.38. The second kappa shape index (κ2) is 10.4. The van der Waals surface area contributed by atoms with Gasteiger partial charge in [-0.05, 0) is 50.2 Å². The minimum absolute atomic E-state index is 0.0299. The van der Waals surface area contributed by atoms with E-state index in [0.29, 0.717) is 31.1 Å². The van der Waals surface area contributed by atoms with Crippen LogP contribution in [0.4, 0.5) is 0 Å². The van der Waals surface area contributed by atoms with Gasteiger partial charge in [0.15, 0.2) is 11.5 Å². The summed E-state index contributed by atoms with van der Waals surface area (Å²) in [4.78, 5) is 21.8. The van der Waals surface area contributed by atoms with E-state index in [1.165, 1.54) is 0 Å². The van der Waals surface area contributed by atoms with Gasteiger partial charge in [0.2, 0.25) is 12.7 Å². The van der Waals surface area contributed by atoms with E-state index in [-0.39, 0.29) is 37.4 Å². The predicted molar refractivity (Wildman–Crippen MR) is 129 cm³/mol. The molecule has 0 saturated heterocycles. The van der Waals surface area contributed by atoms with Gasteiger partial charge in [-0.25, -0.2) is 4.98 Å². The molecule has 0 spiro atoms. The third-order valence-electron chi connectivity index (χ3n) is 6.28. The fraction of sp³-hybridized carbons (Fsp3) is 0.462. The number of fused-ring (bicyclic) bond motifs is 2. The lowest BCUT2D eigenvalue weighted by Gasteiger charge is -2.37. The molecular formula is C26H33N3O5. The van der Waals surface area contributed by atoms with E-state index in [0.717, 1.165) is 22.6 Å². The summed E-state index contributed by atoms with van der Waals surface area (Å²) in [7, 11) is 2.04. The minimum Gasteiger partial charge on any atom is -0.472 e. The van der Waals surface area contributed by atoms with Crippen LogP contribution in [0.15, 0.2) is 36.5 Å². The van der Waals surface area contributed by atoms with Crippen LogP contribution in [0.3, 0.4) is 0 Å². The Balaban J connectivity index is 1.57. The number of pyridine rings is 1. The zero-order valence-corrected chi connectivity index (χ0v) is 20.2. The smallest absolute Gasteiger partial charge is 0.259 e. The highest BCUT2D eigenvalue weighted by atomic mass is 16.7. The number of nitrogens with zero attached hydrogens (tertiary/aromatic N) is 3. The first kappa shape index (κ1) is 24.0. The normalized spacial score (nSPS) is 20.8. The van der Waals surface area contributed by atoms with Crippen LogP contribution < -0.4 is 14.2 Å². The van der Waals surface area contributed by atoms with E-state index in [4.69, 9.17) is 14.2 Å². The lowest BCUT2D eigenvalue weighted by Crippen LogP contribution is -2.49. The number of allylic oxidation sites excluding steroid dienone is 1. The van der Waals surface area contributed by atoms with Gasteiger partial charge in [0.1, 0.15) is 11.7 Å². The van der Waals surface area contributed by atoms with Crippen LogP contribution in [0.25, 0.3) is 6.08 Å². The number of benzene rings is 1. The number of carbonyl (C=O) groups excluding carboxylic acids is 1. The quantitative estimate of drug-likeness (QED) is 0.669. The molecule has 0 radical (unpaired) electrons. The number of hydrogen-bond acceptors (Lipinski definition) is 7. The molecule has 0 fully saturated rings. The van der Waals surface area contributed by atoms with Crippen LogP contribution in [0.1, 0.15) is 42.3 Å². The van der Waals surface area contributed by atoms with Gasteiger partial charge in [-0.2, -0.15) is 0 Å². The van der Waals surface area contributed by atoms with E-state index in [1.54, 1.807) is 11.1 Å². The first-order valence-corrected chi connectivity index (χ1v) is 11.7. The standard InChI is InChI=1S/C26H33N3O5/c1-5-6-19-9-21-25(27-11-19)34-24(17(2)12-29(26(21)31)18(3)15-30)14-28(4)13-20-7-8-22-23(10-20)33-16-32-22/h5-11,17-18,24,30H,12-16H2,1-4H3/b6-5+/t17-,18-,24+/m1/s1. The number of aliphatic hydroxyl groups excluding tert-OH is 1. The van der Waals surface area contributed by atoms with Gasteiger partial charge in [-0.15, -0.1) is 0 Å². The molecule has 1 amide bonds. The Labute approximate surface area is 200 Å². The summed E-state index contributed by atoms with van der Waals surface area (Å²) in [5.41, 5.74) is 2.37. The molecule has 1 aromatic carbocycles. The zero-order chi connectivity index (χ0) is 24.2. The number of aromatic nitrogens is 1. The Morgan fingerprint density at radius 2 is 2.09 bits per heavy atom. The summed E-state index contributed by atoms with van der Waals surface area (Å²) in [5, 5.41) is 9.80. The Morgan fingerprint density at radius 1 is 1.29 bits per heavy atom. The highest BCUT2D eigenvalue weighted by molar-refractivity contribution is 5.97. The maximum absolute atomic E-state index is 13.4. The first-order chi connectivity index (χ1) is 16.4. The lowest BCUT2D eigenvalue weighted by molar-refractivity contribution is 0.0325. The molecular weight excluding hydrogens is 434 g/mol. The van der Waals surface area contributed by atoms with Crippen LogP contribution in [-0.2, 0) is 6.54 Å². The maximum atomic E-state index is 13.4. The van der Waals surface area contributed by atoms with Gasteiger partial charge in [0, 0.05) is 31.7 Å². The van der Waals surface area contributed by atoms with E-state index in [2.05, 4.69) is 16.8 Å². The van der Waals surface area contributed by atoms with Gasteiger partial charge in [-0.3, -0.25) is 9.69 Å². The third kappa shape index (κ3) is 5.18. The molecule has 8 heteroatoms. The summed E-state index contributed by atoms with van der Waals surface area (Å²) >= 11 is 0. The average molecular weight is 468 g/mol. The van der Waals surface area contributed by atoms with Crippen molar-refractivity contribution in [3.05, 3.63) is 53.2 Å². The highest BCUT2D eigenvalue weighted by Gasteiger charge is 2.34. The van der Waals surface area contributed by atoms with Gasteiger partial charge < -0.3 is 24.2 Å². The molecule has 2 aliphatic heterocycles. The molecule has 0 aliphatic carbocycles. The third-order valence-corrected chi connectivity index (χ3v) is 6.28. The second-order valence-electron chi connectivity index (χ2n) is 9.13. The molecule has 182 valence electrons. The fourth-order valence-electron chi connectivity index (χ4n) is 4.34. The summed E-state index contributed by atoms with van der Waals surface area (Å²) in [6, 6.07) is 7.48. The Hall–Kier alpha value is -3.10. The number of rotatable bonds is 7. The molecule has 34 heavy (non-hydrogen) atoms. The van der Waals surface area contributed by atoms with Crippen molar-refractivity contribution in [2.24, 2.45) is 5.92 Å². The topological polar surface area (TPSA) is 84.4 Å². The number of amides is 1. The Morgan fingerprint density at radius 3 is 2.85 bits per heavy atom. The molecule has 1 N–H and O–H groups in total. The minimum atomic E-state index is -0.307. The molecule has 0 unspecified atom stereocenters. The SMILES string of the molecule is C/C=C/c1cnc2c(c1)C(=O)N([C@H](C)CO)C[C@@H](C)[C@H](CN(C)Cc1ccc3c(c1)OCO3)O2. The van der Waals surface area contributed by atoms with Crippen LogP contribution in [0.2, 0.25) is 0 Å². The van der Waals surface area contributed by atoms with Gasteiger partial charge >= 0.3 is 0 Å². The summed E-state index contributed by atoms with van der Waals surface area (Å²) in [5.74, 6) is 1.73. The second-order valence-corrected chi connectivity index (χ2v) is 9.13. The van der Waals surface area contributed by atoms with E-state index in [9.17, 15) is 9.90 Å². The van der Waals surface area contributed by atoms with Crippen molar-refractivity contribution in [3.63, 3.8) is 0 Å². The van der Waals surface area contributed by atoms with E-state index >= 15 is 0 Å². The van der Waals surface area contributed by atoms with Crippen molar-refractivity contribution in [1.29, 1.82) is 0 Å². The zero-order valence-electron chi connectivity index (χ0n) is 20.2. The maximum Gasteiger partial charge on any atom is 0.259 e. The van der Waals surface area contributed by atoms with Crippen LogP contribution >= 0.6 is 0 Å². The lowest BCUT2D eigenvalue weighted by atomic mass is 9.99. The van der Waals surface area contributed by atoms with Gasteiger partial charge in [0.05, 0.1) is 12.6 Å². The van der Waals surface area contributed by atoms with Crippen molar-refractivity contribution in [2.45, 2.75) is 39.5 Å². The number of likely N-dealkylation sites (N-methyl/N-ethyl adjacent to an activating group) is 1. The van der Waals surface area contributed by atoms with Crippen molar-refractivity contribution >= 4 is 12.0 Å². The molecule has 4 rings (SSSR count). The Bertz CT molecular complexity index is 1060. The van der Waals surface area contributed by atoms with Crippen molar-refractivity contribution < 1.29 is 24.1 Å². The number of aliphatic hydroxyl groups is 1. The molecule has 8 nitrogen and oxygen atoms in total. The number of hydrogen-bond donors (Lipinski definition) is 1. The van der Waals surface area contributed by atoms with E-state index < -0.39 is 0 Å². The van der Waals surface area contributed by atoms with Crippen molar-refractivity contribution in [3.8, 4) is 17.4 Å². The van der Waals surface area contributed by atoms with E-state index in [1.807, 2.05) is 57.3 Å². The summed E-state index contributed by atoms with van der Waals surface area (Å²) in [6.07, 6.45) is 5.32.